The summed E-state index contributed by atoms with van der Waals surface area (Å²) in [6.07, 6.45) is 0. The Morgan fingerprint density at radius 3 is 3.08 bits per heavy atom. The molecule has 1 aromatic rings. The van der Waals surface area contributed by atoms with E-state index in [2.05, 4.69) is 0 Å². The number of amides is 1. The summed E-state index contributed by atoms with van der Waals surface area (Å²) in [5.74, 6) is -0.872. The molecule has 2 rings (SSSR count). The van der Waals surface area contributed by atoms with Gasteiger partial charge in [0.2, 0.25) is 0 Å². The average molecular weight is 183 g/mol. The molecule has 0 radical (unpaired) electrons. The van der Waals surface area contributed by atoms with Crippen molar-refractivity contribution in [2.45, 2.75) is 0 Å². The minimum Gasteiger partial charge on any atom is -0.481 e. The Balaban J connectivity index is 2.49. The van der Waals surface area contributed by atoms with Gasteiger partial charge in [-0.15, -0.1) is 0 Å². The van der Waals surface area contributed by atoms with Crippen molar-refractivity contribution in [1.29, 1.82) is 0 Å². The number of ether oxygens (including phenoxy) is 1. The highest BCUT2D eigenvalue weighted by molar-refractivity contribution is 5.95. The van der Waals surface area contributed by atoms with E-state index in [-0.39, 0.29) is 18.0 Å². The number of fused-ring (bicyclic) bond motifs is 1. The maximum absolute atomic E-state index is 12.7. The second-order valence-corrected chi connectivity index (χ2v) is 2.61. The smallest absolute Gasteiger partial charge is 0.288 e. The molecule has 4 nitrogen and oxygen atoms in total. The number of hydrogen-bond donors (Lipinski definition) is 1. The lowest BCUT2D eigenvalue weighted by atomic mass is 10.2. The van der Waals surface area contributed by atoms with Crippen LogP contribution < -0.4 is 9.80 Å². The molecule has 1 N–H and O–H groups in total. The molecule has 0 atom stereocenters. The van der Waals surface area contributed by atoms with Gasteiger partial charge < -0.3 is 4.74 Å². The summed E-state index contributed by atoms with van der Waals surface area (Å²) in [7, 11) is 0. The highest BCUT2D eigenvalue weighted by Crippen LogP contribution is 2.31. The second kappa shape index (κ2) is 2.70. The quantitative estimate of drug-likeness (QED) is 0.609. The first kappa shape index (κ1) is 8.00. The molecule has 0 bridgehead atoms. The van der Waals surface area contributed by atoms with E-state index in [1.807, 2.05) is 0 Å². The van der Waals surface area contributed by atoms with Gasteiger partial charge in [0, 0.05) is 6.07 Å². The summed E-state index contributed by atoms with van der Waals surface area (Å²) in [5.41, 5.74) is 0.164. The summed E-state index contributed by atoms with van der Waals surface area (Å²) in [6.45, 7) is -0.271. The molecule has 1 aliphatic rings. The molecule has 1 aromatic carbocycles. The highest BCUT2D eigenvalue weighted by Gasteiger charge is 2.24. The number of carbonyl (C=O) groups is 1. The first-order chi connectivity index (χ1) is 6.18. The fourth-order valence-electron chi connectivity index (χ4n) is 1.11. The predicted octanol–water partition coefficient (Wildman–Crippen LogP) is 0.940. The van der Waals surface area contributed by atoms with Gasteiger partial charge in [-0.3, -0.25) is 10.0 Å². The molecule has 0 aromatic heterocycles. The lowest BCUT2D eigenvalue weighted by molar-refractivity contribution is -0.126. The number of hydroxylamine groups is 1. The van der Waals surface area contributed by atoms with Crippen LogP contribution in [0.1, 0.15) is 0 Å². The third-order valence-electron chi connectivity index (χ3n) is 1.74. The Kier molecular flexibility index (Phi) is 1.66. The second-order valence-electron chi connectivity index (χ2n) is 2.61. The predicted molar refractivity (Wildman–Crippen MR) is 41.2 cm³/mol. The van der Waals surface area contributed by atoms with Crippen molar-refractivity contribution in [3.63, 3.8) is 0 Å². The Hall–Kier alpha value is -1.62. The van der Waals surface area contributed by atoms with Crippen molar-refractivity contribution in [1.82, 2.24) is 0 Å². The number of nitrogens with zero attached hydrogens (tertiary/aromatic N) is 1. The van der Waals surface area contributed by atoms with E-state index >= 15 is 0 Å². The normalized spacial score (nSPS) is 15.2. The molecule has 1 aliphatic heterocycles. The van der Waals surface area contributed by atoms with E-state index < -0.39 is 11.7 Å². The minimum absolute atomic E-state index is 0.164. The van der Waals surface area contributed by atoms with Gasteiger partial charge in [-0.2, -0.15) is 5.06 Å². The van der Waals surface area contributed by atoms with Gasteiger partial charge in [0.1, 0.15) is 17.3 Å². The first-order valence-electron chi connectivity index (χ1n) is 3.62. The SMILES string of the molecule is O=C1COc2cc(F)ccc2N1O. The molecule has 68 valence electrons. The number of halogens is 1. The van der Waals surface area contributed by atoms with Crippen LogP contribution in [0.2, 0.25) is 0 Å². The molecule has 0 saturated carbocycles. The van der Waals surface area contributed by atoms with E-state index in [0.29, 0.717) is 5.06 Å². The molecule has 0 saturated heterocycles. The van der Waals surface area contributed by atoms with Gasteiger partial charge in [0.05, 0.1) is 0 Å². The number of hydrogen-bond acceptors (Lipinski definition) is 3. The highest BCUT2D eigenvalue weighted by atomic mass is 19.1. The third-order valence-corrected chi connectivity index (χ3v) is 1.74. The van der Waals surface area contributed by atoms with Crippen molar-refractivity contribution < 1.29 is 19.1 Å². The van der Waals surface area contributed by atoms with Crippen LogP contribution in [0.4, 0.5) is 10.1 Å². The zero-order valence-electron chi connectivity index (χ0n) is 6.53. The zero-order chi connectivity index (χ0) is 9.42. The Bertz CT molecular complexity index is 366. The molecule has 0 unspecified atom stereocenters. The van der Waals surface area contributed by atoms with E-state index in [1.54, 1.807) is 0 Å². The molecule has 1 amide bonds. The summed E-state index contributed by atoms with van der Waals surface area (Å²) < 4.78 is 17.5. The minimum atomic E-state index is -0.570. The lowest BCUT2D eigenvalue weighted by Crippen LogP contribution is -2.35. The Labute approximate surface area is 73.1 Å². The van der Waals surface area contributed by atoms with Crippen LogP contribution in [-0.2, 0) is 4.79 Å². The van der Waals surface area contributed by atoms with Crippen molar-refractivity contribution in [2.24, 2.45) is 0 Å². The standard InChI is InChI=1S/C8H6FNO3/c9-5-1-2-6-7(3-5)13-4-8(11)10(6)12/h1-3,12H,4H2. The summed E-state index contributed by atoms with van der Waals surface area (Å²) >= 11 is 0. The molecule has 0 aliphatic carbocycles. The summed E-state index contributed by atoms with van der Waals surface area (Å²) in [4.78, 5) is 10.9. The monoisotopic (exact) mass is 183 g/mol. The molecule has 0 spiro atoms. The molecular formula is C8H6FNO3. The van der Waals surface area contributed by atoms with E-state index in [0.717, 1.165) is 12.1 Å². The maximum Gasteiger partial charge on any atom is 0.288 e. The fraction of sp³-hybridized carbons (Fsp3) is 0.125. The maximum atomic E-state index is 12.7. The van der Waals surface area contributed by atoms with Crippen LogP contribution in [-0.4, -0.2) is 17.7 Å². The number of rotatable bonds is 0. The third kappa shape index (κ3) is 1.23. The molecule has 5 heteroatoms. The van der Waals surface area contributed by atoms with Gasteiger partial charge in [-0.1, -0.05) is 0 Å². The largest absolute Gasteiger partial charge is 0.481 e. The van der Waals surface area contributed by atoms with Crippen molar-refractivity contribution in [2.75, 3.05) is 11.7 Å². The Morgan fingerprint density at radius 1 is 1.54 bits per heavy atom. The summed E-state index contributed by atoms with van der Waals surface area (Å²) in [6, 6.07) is 3.54. The van der Waals surface area contributed by atoms with E-state index in [9.17, 15) is 14.4 Å². The van der Waals surface area contributed by atoms with Crippen molar-refractivity contribution in [3.8, 4) is 5.75 Å². The van der Waals surface area contributed by atoms with E-state index in [1.165, 1.54) is 6.07 Å². The van der Waals surface area contributed by atoms with Gasteiger partial charge in [-0.25, -0.2) is 4.39 Å². The average Bonchev–Trinajstić information content (AvgIpc) is 2.12. The van der Waals surface area contributed by atoms with Crippen molar-refractivity contribution in [3.05, 3.63) is 24.0 Å². The van der Waals surface area contributed by atoms with Crippen LogP contribution in [0.5, 0.6) is 5.75 Å². The van der Waals surface area contributed by atoms with Crippen LogP contribution in [0.15, 0.2) is 18.2 Å². The van der Waals surface area contributed by atoms with Crippen LogP contribution in [0.25, 0.3) is 0 Å². The van der Waals surface area contributed by atoms with Gasteiger partial charge in [0.25, 0.3) is 5.91 Å². The molecule has 0 fully saturated rings. The number of carbonyl (C=O) groups excluding carboxylic acids is 1. The number of benzene rings is 1. The summed E-state index contributed by atoms with van der Waals surface area (Å²) in [5, 5.41) is 9.66. The zero-order valence-corrected chi connectivity index (χ0v) is 6.53. The molecular weight excluding hydrogens is 177 g/mol. The van der Waals surface area contributed by atoms with E-state index in [4.69, 9.17) is 4.74 Å². The fourth-order valence-corrected chi connectivity index (χ4v) is 1.11. The number of anilines is 1. The first-order valence-corrected chi connectivity index (χ1v) is 3.62. The lowest BCUT2D eigenvalue weighted by Gasteiger charge is -2.23. The van der Waals surface area contributed by atoms with Crippen LogP contribution >= 0.6 is 0 Å². The van der Waals surface area contributed by atoms with Gasteiger partial charge >= 0.3 is 0 Å². The van der Waals surface area contributed by atoms with Gasteiger partial charge in [-0.05, 0) is 12.1 Å². The van der Waals surface area contributed by atoms with Crippen LogP contribution in [0, 0.1) is 5.82 Å². The van der Waals surface area contributed by atoms with Gasteiger partial charge in [0.15, 0.2) is 6.61 Å². The Morgan fingerprint density at radius 2 is 2.31 bits per heavy atom. The van der Waals surface area contributed by atoms with Crippen molar-refractivity contribution >= 4 is 11.6 Å². The van der Waals surface area contributed by atoms with Crippen LogP contribution in [0.3, 0.4) is 0 Å². The molecule has 13 heavy (non-hydrogen) atoms. The molecule has 1 heterocycles. The topological polar surface area (TPSA) is 49.8 Å².